The van der Waals surface area contributed by atoms with E-state index in [1.807, 2.05) is 4.90 Å². The molecule has 0 aliphatic carbocycles. The number of rotatable bonds is 9. The van der Waals surface area contributed by atoms with Gasteiger partial charge in [0.05, 0.1) is 55.0 Å². The average molecular weight is 988 g/mol. The first-order valence-corrected chi connectivity index (χ1v) is 23.8. The van der Waals surface area contributed by atoms with Gasteiger partial charge in [-0.15, -0.1) is 0 Å². The Morgan fingerprint density at radius 1 is 0.972 bits per heavy atom. The van der Waals surface area contributed by atoms with Gasteiger partial charge in [0.25, 0.3) is 11.7 Å². The van der Waals surface area contributed by atoms with Crippen molar-refractivity contribution >= 4 is 61.9 Å². The molecule has 20 heteroatoms. The van der Waals surface area contributed by atoms with Crippen LogP contribution in [0.1, 0.15) is 54.0 Å². The number of carbonyl (C=O) groups excluding carboxylic acids is 2. The summed E-state index contributed by atoms with van der Waals surface area (Å²) in [6.07, 6.45) is 3.51. The maximum Gasteiger partial charge on any atom is 0.302 e. The molecule has 384 valence electrons. The number of aromatic nitrogens is 1. The van der Waals surface area contributed by atoms with Crippen LogP contribution in [0.15, 0.2) is 62.3 Å². The van der Waals surface area contributed by atoms with E-state index in [4.69, 9.17) is 38.2 Å². The van der Waals surface area contributed by atoms with Gasteiger partial charge < -0.3 is 58.7 Å². The average Bonchev–Trinajstić information content (AvgIpc) is 3.65. The summed E-state index contributed by atoms with van der Waals surface area (Å²) in [6.45, 7) is 16.4. The number of esters is 1. The van der Waals surface area contributed by atoms with Crippen LogP contribution in [0.4, 0.5) is 11.4 Å². The van der Waals surface area contributed by atoms with Gasteiger partial charge in [0.15, 0.2) is 16.7 Å². The lowest BCUT2D eigenvalue weighted by molar-refractivity contribution is -0.160. The highest BCUT2D eigenvalue weighted by Crippen LogP contribution is 2.42. The number of aliphatic hydroxyl groups excluding tert-OH is 3. The van der Waals surface area contributed by atoms with E-state index in [0.29, 0.717) is 45.0 Å². The highest BCUT2D eigenvalue weighted by atomic mass is 16.7. The van der Waals surface area contributed by atoms with Crippen molar-refractivity contribution in [2.75, 3.05) is 69.9 Å². The lowest BCUT2D eigenvalue weighted by Gasteiger charge is -2.38. The molecule has 3 aliphatic rings. The molecule has 71 heavy (non-hydrogen) atoms. The van der Waals surface area contributed by atoms with Crippen molar-refractivity contribution in [1.82, 2.24) is 15.4 Å². The number of piperazine rings is 1. The highest BCUT2D eigenvalue weighted by molar-refractivity contribution is 6.17. The molecular formula is C51H65N5O15. The molecule has 9 atom stereocenters. The standard InChI is InChI=1S/C51H65N5O15/c1-25-11-10-12-26(2)50(64)53-41-45(63)37-36(40-48(41)70-35-24-32(23-33(59)39(35)52-40)56-16-14-55(15-17-56)18-21-67-22-19-57)38-47(30(6)44(37)62)71-51(8,49(38)54-65)68-20-13-34(66-9)27(3)46(69-31(7)58)29(5)43(61)28(4)42(25)60/h10-13,20,23-25,27-29,34,42-43,46,54,57,60-62,65H,14-19,21-22H2,1-9H3,(H,53,64)/b11-10+,20-13+,26-12-/t25-,27+,28+,29+,34-,42-,43+,46+,51-/m0/s1. The number of ether oxygens (including phenoxy) is 5. The van der Waals surface area contributed by atoms with Crippen LogP contribution in [0, 0.1) is 30.6 Å². The first-order valence-electron chi connectivity index (χ1n) is 23.8. The SMILES string of the molecule is CO[C@H]1/C=C/O[C@@]2(C)Oc3c(C)c(O)c4c(=O)c(c5oc6cc(N7CCN(CCOCCO)CC7)cc(=O)c6nc5c4c3=C2NO)NC(=O)/C(C)=C\C=C\[C@H](C)[C@H](O)[C@@H](C)[C@@H](O)[C@@H](C)[C@H](OC(C)=O)[C@@H]1C. The molecule has 4 aromatic rings. The fourth-order valence-electron chi connectivity index (χ4n) is 9.82. The van der Waals surface area contributed by atoms with Crippen molar-refractivity contribution in [3.63, 3.8) is 0 Å². The fraction of sp³-hybridized carbons (Fsp3) is 0.510. The summed E-state index contributed by atoms with van der Waals surface area (Å²) in [5.41, 5.74) is 0.468. The Morgan fingerprint density at radius 2 is 1.69 bits per heavy atom. The van der Waals surface area contributed by atoms with Crippen LogP contribution >= 0.6 is 0 Å². The number of phenols is 1. The van der Waals surface area contributed by atoms with Gasteiger partial charge in [-0.25, -0.2) is 4.98 Å². The zero-order valence-corrected chi connectivity index (χ0v) is 41.5. The van der Waals surface area contributed by atoms with Gasteiger partial charge in [0.2, 0.25) is 10.9 Å². The Bertz CT molecular complexity index is 2950. The van der Waals surface area contributed by atoms with E-state index in [9.17, 15) is 39.7 Å². The Morgan fingerprint density at radius 3 is 2.35 bits per heavy atom. The number of aliphatic hydroxyl groups is 3. The van der Waals surface area contributed by atoms with Gasteiger partial charge in [0, 0.05) is 112 Å². The third kappa shape index (κ3) is 10.3. The van der Waals surface area contributed by atoms with E-state index in [1.165, 1.54) is 59.3 Å². The van der Waals surface area contributed by atoms with E-state index in [-0.39, 0.29) is 74.0 Å². The molecule has 1 fully saturated rings. The third-order valence-electron chi connectivity index (χ3n) is 14.1. The van der Waals surface area contributed by atoms with Crippen molar-refractivity contribution in [2.24, 2.45) is 23.7 Å². The molecule has 3 aromatic carbocycles. The van der Waals surface area contributed by atoms with E-state index in [1.54, 1.807) is 45.9 Å². The Kier molecular flexibility index (Phi) is 16.1. The van der Waals surface area contributed by atoms with Gasteiger partial charge in [-0.3, -0.25) is 34.8 Å². The number of fused-ring (bicyclic) bond motifs is 2. The van der Waals surface area contributed by atoms with Gasteiger partial charge in [-0.1, -0.05) is 45.9 Å². The van der Waals surface area contributed by atoms with E-state index in [0.717, 1.165) is 0 Å². The number of anilines is 2. The summed E-state index contributed by atoms with van der Waals surface area (Å²) in [5.74, 6) is -6.39. The maximum atomic E-state index is 15.0. The van der Waals surface area contributed by atoms with Crippen molar-refractivity contribution < 1.29 is 63.3 Å². The number of nitrogens with one attached hydrogen (secondary N) is 2. The lowest BCUT2D eigenvalue weighted by atomic mass is 9.78. The third-order valence-corrected chi connectivity index (χ3v) is 14.1. The minimum Gasteiger partial charge on any atom is -0.507 e. The number of methoxy groups -OCH3 is 1. The predicted molar refractivity (Wildman–Crippen MR) is 264 cm³/mol. The molecule has 0 saturated carbocycles. The van der Waals surface area contributed by atoms with Crippen LogP contribution < -0.4 is 36.5 Å². The molecule has 4 heterocycles. The molecule has 0 spiro atoms. The van der Waals surface area contributed by atoms with Gasteiger partial charge in [-0.2, -0.15) is 0 Å². The summed E-state index contributed by atoms with van der Waals surface area (Å²) >= 11 is 0. The first-order chi connectivity index (χ1) is 33.8. The topological polar surface area (TPSA) is 272 Å². The van der Waals surface area contributed by atoms with Crippen molar-refractivity contribution in [3.05, 3.63) is 79.5 Å². The Labute approximate surface area is 409 Å². The van der Waals surface area contributed by atoms with Crippen molar-refractivity contribution in [3.8, 4) is 11.5 Å². The first kappa shape index (κ1) is 52.7. The normalized spacial score (nSPS) is 28.6. The molecule has 1 saturated heterocycles. The van der Waals surface area contributed by atoms with Crippen LogP contribution in [0.5, 0.6) is 11.5 Å². The molecule has 0 unspecified atom stereocenters. The zero-order chi connectivity index (χ0) is 51.6. The smallest absolute Gasteiger partial charge is 0.302 e. The lowest BCUT2D eigenvalue weighted by Crippen LogP contribution is -2.47. The number of benzene rings is 3. The monoisotopic (exact) mass is 987 g/mol. The molecule has 1 amide bonds. The summed E-state index contributed by atoms with van der Waals surface area (Å²) in [4.78, 5) is 64.8. The van der Waals surface area contributed by atoms with Crippen molar-refractivity contribution in [1.29, 1.82) is 0 Å². The quantitative estimate of drug-likeness (QED) is 0.0417. The number of phenolic OH excluding ortho intramolecular Hbond substituents is 1. The van der Waals surface area contributed by atoms with E-state index < -0.39 is 88.0 Å². The van der Waals surface area contributed by atoms with Gasteiger partial charge in [-0.05, 0) is 19.9 Å². The molecule has 7 N–H and O–H groups in total. The minimum atomic E-state index is -1.91. The van der Waals surface area contributed by atoms with Gasteiger partial charge in [0.1, 0.15) is 34.5 Å². The summed E-state index contributed by atoms with van der Waals surface area (Å²) in [5, 5.41) is 57.4. The zero-order valence-electron chi connectivity index (χ0n) is 41.5. The number of hydrogen-bond acceptors (Lipinski definition) is 19. The molecule has 1 aromatic heterocycles. The molecule has 20 nitrogen and oxygen atoms in total. The predicted octanol–water partition coefficient (Wildman–Crippen LogP) is 3.11. The number of aromatic hydroxyl groups is 1. The number of allylic oxidation sites excluding steroid dienone is 2. The second-order valence-electron chi connectivity index (χ2n) is 18.8. The molecule has 0 radical (unpaired) electrons. The largest absolute Gasteiger partial charge is 0.507 e. The number of nitrogens with zero attached hydrogens (tertiary/aromatic N) is 3. The van der Waals surface area contributed by atoms with Crippen LogP contribution in [0.2, 0.25) is 0 Å². The molecular weight excluding hydrogens is 923 g/mol. The number of hydroxylamine groups is 1. The number of amides is 1. The highest BCUT2D eigenvalue weighted by Gasteiger charge is 2.44. The molecule has 4 bridgehead atoms. The van der Waals surface area contributed by atoms with E-state index >= 15 is 0 Å². The second-order valence-corrected chi connectivity index (χ2v) is 18.8. The van der Waals surface area contributed by atoms with E-state index in [2.05, 4.69) is 15.7 Å². The van der Waals surface area contributed by atoms with Crippen LogP contribution in [-0.2, 0) is 28.5 Å². The van der Waals surface area contributed by atoms with Crippen LogP contribution in [-0.4, -0.2) is 137 Å². The summed E-state index contributed by atoms with van der Waals surface area (Å²) in [6, 6.07) is 3.08. The van der Waals surface area contributed by atoms with Crippen LogP contribution in [0.25, 0.3) is 38.7 Å². The Hall–Kier alpha value is -6.13. The fourth-order valence-corrected chi connectivity index (χ4v) is 9.82. The summed E-state index contributed by atoms with van der Waals surface area (Å²) in [7, 11) is 1.44. The number of hydrogen-bond donors (Lipinski definition) is 7. The summed E-state index contributed by atoms with van der Waals surface area (Å²) < 4.78 is 36.3. The molecule has 7 rings (SSSR count). The second kappa shape index (κ2) is 21.7. The maximum absolute atomic E-state index is 15.0. The van der Waals surface area contributed by atoms with Crippen molar-refractivity contribution in [2.45, 2.75) is 85.6 Å². The minimum absolute atomic E-state index is 0.00335. The van der Waals surface area contributed by atoms with Crippen LogP contribution in [0.3, 0.4) is 0 Å². The molecule has 3 aliphatic heterocycles. The Balaban J connectivity index is 1.44. The van der Waals surface area contributed by atoms with Gasteiger partial charge >= 0.3 is 5.97 Å². The number of carbonyl (C=O) groups is 2.